The Morgan fingerprint density at radius 1 is 0.756 bits per heavy atom. The number of Topliss-reactive ketones (excluding diaryl/α,β-unsaturated/α-hetero) is 1. The highest BCUT2D eigenvalue weighted by Crippen LogP contribution is 2.63. The number of rotatable bonds is 4. The fourth-order valence-electron chi connectivity index (χ4n) is 6.05. The third-order valence-corrected chi connectivity index (χ3v) is 10.8. The molecule has 14 heteroatoms. The van der Waals surface area contributed by atoms with Crippen LogP contribution in [-0.4, -0.2) is 44.2 Å². The summed E-state index contributed by atoms with van der Waals surface area (Å²) in [6.07, 6.45) is -6.09. The van der Waals surface area contributed by atoms with Crippen molar-refractivity contribution in [2.75, 3.05) is 26.4 Å². The van der Waals surface area contributed by atoms with Gasteiger partial charge >= 0.3 is 12.4 Å². The maximum absolute atomic E-state index is 13.9. The van der Waals surface area contributed by atoms with E-state index in [1.165, 1.54) is 6.08 Å². The molecule has 2 aliphatic heterocycles. The van der Waals surface area contributed by atoms with E-state index in [4.69, 9.17) is 18.9 Å². The molecular formula is C31H22F6O6S2. The van der Waals surface area contributed by atoms with Gasteiger partial charge in [0.15, 0.2) is 5.78 Å². The van der Waals surface area contributed by atoms with Gasteiger partial charge in [-0.15, -0.1) is 22.7 Å². The van der Waals surface area contributed by atoms with E-state index >= 15 is 0 Å². The number of ether oxygens (including phenoxy) is 4. The molecule has 0 N–H and O–H groups in total. The molecule has 0 radical (unpaired) electrons. The molecule has 2 saturated heterocycles. The first-order chi connectivity index (χ1) is 21.2. The molecule has 236 valence electrons. The second kappa shape index (κ2) is 10.2. The zero-order chi connectivity index (χ0) is 32.0. The van der Waals surface area contributed by atoms with E-state index in [0.717, 1.165) is 59.1 Å². The molecule has 4 heterocycles. The van der Waals surface area contributed by atoms with Crippen molar-refractivity contribution >= 4 is 34.2 Å². The maximum atomic E-state index is 13.9. The summed E-state index contributed by atoms with van der Waals surface area (Å²) in [6.45, 7) is 2.21. The van der Waals surface area contributed by atoms with E-state index in [-0.39, 0.29) is 48.2 Å². The second-order valence-electron chi connectivity index (χ2n) is 11.2. The number of thiophene rings is 2. The normalized spacial score (nSPS) is 23.3. The van der Waals surface area contributed by atoms with Gasteiger partial charge in [-0.25, -0.2) is 0 Å². The predicted molar refractivity (Wildman–Crippen MR) is 150 cm³/mol. The van der Waals surface area contributed by atoms with Crippen LogP contribution in [0.3, 0.4) is 0 Å². The number of benzene rings is 1. The first-order valence-electron chi connectivity index (χ1n) is 13.8. The molecule has 4 aliphatic rings. The van der Waals surface area contributed by atoms with Crippen molar-refractivity contribution in [3.63, 3.8) is 0 Å². The summed E-state index contributed by atoms with van der Waals surface area (Å²) in [5.41, 5.74) is -2.09. The predicted octanol–water partition coefficient (Wildman–Crippen LogP) is 7.78. The molecule has 7 rings (SSSR count). The number of hydrogen-bond acceptors (Lipinski definition) is 8. The molecule has 0 bridgehead atoms. The summed E-state index contributed by atoms with van der Waals surface area (Å²) in [5.74, 6) is -4.24. The minimum Gasteiger partial charge on any atom is -0.339 e. The van der Waals surface area contributed by atoms with Crippen LogP contribution < -0.4 is 0 Å². The lowest BCUT2D eigenvalue weighted by atomic mass is 9.77. The van der Waals surface area contributed by atoms with Gasteiger partial charge in [0, 0.05) is 16.7 Å². The molecular weight excluding hydrogens is 646 g/mol. The van der Waals surface area contributed by atoms with E-state index in [1.54, 1.807) is 19.1 Å². The van der Waals surface area contributed by atoms with Crippen molar-refractivity contribution in [3.05, 3.63) is 92.2 Å². The molecule has 0 amide bonds. The summed E-state index contributed by atoms with van der Waals surface area (Å²) in [6, 6.07) is 7.03. The van der Waals surface area contributed by atoms with Crippen LogP contribution in [0.25, 0.3) is 9.75 Å². The number of carbonyl (C=O) groups excluding carboxylic acids is 2. The number of ketones is 2. The summed E-state index contributed by atoms with van der Waals surface area (Å²) in [5, 5.41) is 0. The van der Waals surface area contributed by atoms with E-state index in [0.29, 0.717) is 20.9 Å². The number of carbonyl (C=O) groups is 2. The Morgan fingerprint density at radius 3 is 1.73 bits per heavy atom. The molecule has 2 aromatic heterocycles. The van der Waals surface area contributed by atoms with Crippen molar-refractivity contribution in [1.82, 2.24) is 0 Å². The summed E-state index contributed by atoms with van der Waals surface area (Å²) in [7, 11) is 0. The highest BCUT2D eigenvalue weighted by Gasteiger charge is 2.67. The molecule has 1 aromatic carbocycles. The van der Waals surface area contributed by atoms with Gasteiger partial charge in [-0.3, -0.25) is 9.59 Å². The van der Waals surface area contributed by atoms with E-state index < -0.39 is 52.0 Å². The average Bonchev–Trinajstić information content (AvgIpc) is 3.81. The molecule has 1 atom stereocenters. The number of fused-ring (bicyclic) bond motifs is 6. The summed E-state index contributed by atoms with van der Waals surface area (Å²) in [4.78, 5) is 28.9. The quantitative estimate of drug-likeness (QED) is 0.209. The molecule has 2 aliphatic carbocycles. The monoisotopic (exact) mass is 668 g/mol. The van der Waals surface area contributed by atoms with Crippen LogP contribution in [0, 0.1) is 5.41 Å². The zero-order valence-corrected chi connectivity index (χ0v) is 24.9. The number of allylic oxidation sites excluding steroid dienone is 4. The third kappa shape index (κ3) is 4.60. The van der Waals surface area contributed by atoms with Crippen LogP contribution >= 0.6 is 22.7 Å². The van der Waals surface area contributed by atoms with Crippen molar-refractivity contribution in [3.8, 4) is 9.75 Å². The topological polar surface area (TPSA) is 71.1 Å². The van der Waals surface area contributed by atoms with Gasteiger partial charge in [-0.1, -0.05) is 30.4 Å². The fourth-order valence-corrected chi connectivity index (χ4v) is 8.64. The Morgan fingerprint density at radius 2 is 1.27 bits per heavy atom. The van der Waals surface area contributed by atoms with Crippen molar-refractivity contribution < 1.29 is 54.9 Å². The van der Waals surface area contributed by atoms with Gasteiger partial charge in [0.25, 0.3) is 11.6 Å². The van der Waals surface area contributed by atoms with Crippen LogP contribution in [0.2, 0.25) is 0 Å². The molecule has 0 unspecified atom stereocenters. The Kier molecular flexibility index (Phi) is 6.90. The number of halogens is 6. The first-order valence-corrected chi connectivity index (χ1v) is 15.4. The summed E-state index contributed by atoms with van der Waals surface area (Å²) >= 11 is 2.15. The highest BCUT2D eigenvalue weighted by atomic mass is 32.1. The molecule has 0 saturated carbocycles. The third-order valence-electron chi connectivity index (χ3n) is 8.35. The van der Waals surface area contributed by atoms with Crippen LogP contribution in [-0.2, 0) is 36.7 Å². The first kappa shape index (κ1) is 30.5. The van der Waals surface area contributed by atoms with Crippen LogP contribution in [0.5, 0.6) is 0 Å². The van der Waals surface area contributed by atoms with Gasteiger partial charge in [0.2, 0.25) is 5.78 Å². The summed E-state index contributed by atoms with van der Waals surface area (Å²) < 4.78 is 104. The number of alkyl halides is 6. The maximum Gasteiger partial charge on any atom is 0.416 e. The van der Waals surface area contributed by atoms with E-state index in [1.807, 2.05) is 0 Å². The fraction of sp³-hybridized carbons (Fsp3) is 0.355. The van der Waals surface area contributed by atoms with Crippen molar-refractivity contribution in [1.29, 1.82) is 0 Å². The largest absolute Gasteiger partial charge is 0.416 e. The Hall–Kier alpha value is -3.14. The average molecular weight is 669 g/mol. The SMILES string of the molecule is C[C@]1(C(=O)c2cc3c(s2)-c2sc(C(=O)c4ccc(C(F)(F)F)cc4)cc2C2(OCCO2)C32OCCO2)C=CC(C(F)(F)F)=CC1. The lowest BCUT2D eigenvalue weighted by Crippen LogP contribution is -2.53. The number of hydrogen-bond donors (Lipinski definition) is 0. The van der Waals surface area contributed by atoms with Gasteiger partial charge in [0.1, 0.15) is 0 Å². The lowest BCUT2D eigenvalue weighted by Gasteiger charge is -2.44. The van der Waals surface area contributed by atoms with Crippen LogP contribution in [0.4, 0.5) is 26.3 Å². The minimum atomic E-state index is -4.56. The molecule has 45 heavy (non-hydrogen) atoms. The van der Waals surface area contributed by atoms with E-state index in [9.17, 15) is 35.9 Å². The highest BCUT2D eigenvalue weighted by molar-refractivity contribution is 7.24. The molecule has 3 aromatic rings. The van der Waals surface area contributed by atoms with Gasteiger partial charge in [-0.05, 0) is 37.6 Å². The van der Waals surface area contributed by atoms with Crippen LogP contribution in [0.15, 0.2) is 60.2 Å². The van der Waals surface area contributed by atoms with Crippen molar-refractivity contribution in [2.45, 2.75) is 37.3 Å². The molecule has 6 nitrogen and oxygen atoms in total. The standard InChI is InChI=1S/C31H22F6O6S2/c1-27(8-6-18(7-9-27)31(35,36)37)26(39)22-15-20-25(45-22)24-19(28(40-10-11-41-28)29(20)42-12-13-43-29)14-21(44-24)23(38)16-2-4-17(5-3-16)30(32,33)34/h2-8,14-15H,9-13H2,1H3/t27-/m0/s1. The Labute approximate surface area is 259 Å². The second-order valence-corrected chi connectivity index (χ2v) is 13.3. The molecule has 2 spiro atoms. The van der Waals surface area contributed by atoms with E-state index in [2.05, 4.69) is 0 Å². The van der Waals surface area contributed by atoms with Gasteiger partial charge in [-0.2, -0.15) is 26.3 Å². The van der Waals surface area contributed by atoms with Gasteiger partial charge < -0.3 is 18.9 Å². The molecule has 2 fully saturated rings. The lowest BCUT2D eigenvalue weighted by molar-refractivity contribution is -0.365. The Balaban J connectivity index is 1.32. The smallest absolute Gasteiger partial charge is 0.339 e. The van der Waals surface area contributed by atoms with Crippen LogP contribution in [0.1, 0.15) is 54.9 Å². The minimum absolute atomic E-state index is 0.0394. The van der Waals surface area contributed by atoms with Gasteiger partial charge in [0.05, 0.1) is 62.5 Å². The Bertz CT molecular complexity index is 1770. The zero-order valence-electron chi connectivity index (χ0n) is 23.3. The van der Waals surface area contributed by atoms with Crippen molar-refractivity contribution in [2.24, 2.45) is 5.41 Å².